The number of carboxylic acid groups (broad SMARTS) is 1. The third-order valence-electron chi connectivity index (χ3n) is 3.84. The molecule has 6 nitrogen and oxygen atoms in total. The molecule has 1 aromatic heterocycles. The van der Waals surface area contributed by atoms with Crippen molar-refractivity contribution in [2.45, 2.75) is 18.9 Å². The molecule has 3 rings (SSSR count). The first-order chi connectivity index (χ1) is 10.5. The highest BCUT2D eigenvalue weighted by Crippen LogP contribution is 2.33. The van der Waals surface area contributed by atoms with E-state index >= 15 is 0 Å². The molecule has 1 aliphatic heterocycles. The number of aliphatic carboxylic acids is 1. The summed E-state index contributed by atoms with van der Waals surface area (Å²) in [5.74, 6) is -1.95. The van der Waals surface area contributed by atoms with Crippen LogP contribution in [0.4, 0.5) is 0 Å². The first kappa shape index (κ1) is 14.6. The molecule has 2 N–H and O–H groups in total. The highest BCUT2D eigenvalue weighted by Gasteiger charge is 2.36. The minimum Gasteiger partial charge on any atom is -0.505 e. The van der Waals surface area contributed by atoms with Gasteiger partial charge in [0.1, 0.15) is 11.2 Å². The third-order valence-corrected chi connectivity index (χ3v) is 4.13. The number of amides is 1. The van der Waals surface area contributed by atoms with Crippen molar-refractivity contribution in [1.82, 2.24) is 9.88 Å². The number of hydrogen-bond acceptors (Lipinski definition) is 4. The topological polar surface area (TPSA) is 90.7 Å². The van der Waals surface area contributed by atoms with Crippen LogP contribution in [0.2, 0.25) is 5.15 Å². The van der Waals surface area contributed by atoms with E-state index in [1.165, 1.54) is 4.90 Å². The minimum absolute atomic E-state index is 0.0998. The lowest BCUT2D eigenvalue weighted by atomic mass is 10.1. The molecule has 1 fully saturated rings. The molecule has 0 spiro atoms. The van der Waals surface area contributed by atoms with E-state index in [9.17, 15) is 19.8 Å². The number of fused-ring (bicyclic) bond motifs is 1. The zero-order valence-electron chi connectivity index (χ0n) is 11.5. The molecule has 1 atom stereocenters. The van der Waals surface area contributed by atoms with Crippen LogP contribution in [0.3, 0.4) is 0 Å². The summed E-state index contributed by atoms with van der Waals surface area (Å²) in [7, 11) is 0. The normalized spacial score (nSPS) is 17.9. The lowest BCUT2D eigenvalue weighted by Gasteiger charge is -2.21. The Labute approximate surface area is 130 Å². The van der Waals surface area contributed by atoms with E-state index in [2.05, 4.69) is 4.98 Å². The zero-order chi connectivity index (χ0) is 15.9. The lowest BCUT2D eigenvalue weighted by molar-refractivity contribution is -0.141. The number of carbonyl (C=O) groups excluding carboxylic acids is 1. The van der Waals surface area contributed by atoms with Crippen molar-refractivity contribution in [3.63, 3.8) is 0 Å². The van der Waals surface area contributed by atoms with Crippen LogP contribution in [0, 0.1) is 0 Å². The number of carboxylic acids is 1. The van der Waals surface area contributed by atoms with Gasteiger partial charge in [-0.1, -0.05) is 35.9 Å². The van der Waals surface area contributed by atoms with E-state index in [1.54, 1.807) is 24.3 Å². The molecule has 0 saturated carbocycles. The van der Waals surface area contributed by atoms with Crippen LogP contribution < -0.4 is 0 Å². The number of benzene rings is 1. The molecule has 1 amide bonds. The highest BCUT2D eigenvalue weighted by atomic mass is 35.5. The van der Waals surface area contributed by atoms with Crippen molar-refractivity contribution in [3.8, 4) is 5.75 Å². The molecule has 0 aliphatic carbocycles. The highest BCUT2D eigenvalue weighted by molar-refractivity contribution is 6.34. The Balaban J connectivity index is 2.08. The average molecular weight is 321 g/mol. The Kier molecular flexibility index (Phi) is 3.62. The summed E-state index contributed by atoms with van der Waals surface area (Å²) in [6, 6.07) is 5.89. The van der Waals surface area contributed by atoms with Gasteiger partial charge in [0.15, 0.2) is 11.4 Å². The largest absolute Gasteiger partial charge is 0.505 e. The van der Waals surface area contributed by atoms with Crippen LogP contribution in [0.15, 0.2) is 24.3 Å². The molecule has 1 aliphatic rings. The Bertz CT molecular complexity index is 777. The number of carbonyl (C=O) groups is 2. The van der Waals surface area contributed by atoms with Gasteiger partial charge in [-0.3, -0.25) is 4.79 Å². The van der Waals surface area contributed by atoms with Gasteiger partial charge < -0.3 is 15.1 Å². The molecule has 0 bridgehead atoms. The van der Waals surface area contributed by atoms with E-state index in [0.717, 1.165) is 0 Å². The summed E-state index contributed by atoms with van der Waals surface area (Å²) in [4.78, 5) is 29.0. The second kappa shape index (κ2) is 5.46. The molecule has 2 aromatic rings. The third kappa shape index (κ3) is 2.25. The number of likely N-dealkylation sites (tertiary alicyclic amines) is 1. The zero-order valence-corrected chi connectivity index (χ0v) is 12.2. The fourth-order valence-corrected chi connectivity index (χ4v) is 3.01. The summed E-state index contributed by atoms with van der Waals surface area (Å²) in [6.45, 7) is 0.321. The first-order valence-corrected chi connectivity index (χ1v) is 7.19. The van der Waals surface area contributed by atoms with Crippen LogP contribution in [0.5, 0.6) is 5.75 Å². The van der Waals surface area contributed by atoms with Crippen LogP contribution in [-0.4, -0.2) is 44.6 Å². The Hall–Kier alpha value is -2.34. The van der Waals surface area contributed by atoms with Gasteiger partial charge in [0.25, 0.3) is 5.91 Å². The predicted octanol–water partition coefficient (Wildman–Crippen LogP) is 2.28. The molecule has 114 valence electrons. The van der Waals surface area contributed by atoms with Crippen molar-refractivity contribution in [1.29, 1.82) is 0 Å². The van der Waals surface area contributed by atoms with Gasteiger partial charge in [0.05, 0.1) is 0 Å². The van der Waals surface area contributed by atoms with Gasteiger partial charge >= 0.3 is 5.97 Å². The van der Waals surface area contributed by atoms with Crippen LogP contribution in [0.25, 0.3) is 10.8 Å². The maximum Gasteiger partial charge on any atom is 0.326 e. The molecule has 7 heteroatoms. The van der Waals surface area contributed by atoms with E-state index in [-0.39, 0.29) is 16.6 Å². The predicted molar refractivity (Wildman–Crippen MR) is 80.1 cm³/mol. The molecule has 1 saturated heterocycles. The van der Waals surface area contributed by atoms with Gasteiger partial charge in [-0.25, -0.2) is 9.78 Å². The van der Waals surface area contributed by atoms with Crippen LogP contribution >= 0.6 is 11.6 Å². The molecule has 1 aromatic carbocycles. The summed E-state index contributed by atoms with van der Waals surface area (Å²) in [5.41, 5.74) is -0.211. The number of rotatable bonds is 2. The number of halogens is 1. The summed E-state index contributed by atoms with van der Waals surface area (Å²) in [6.07, 6.45) is 0.994. The van der Waals surface area contributed by atoms with E-state index < -0.39 is 17.9 Å². The molecular weight excluding hydrogens is 308 g/mol. The molecular formula is C15H13ClN2O4. The minimum atomic E-state index is -1.06. The first-order valence-electron chi connectivity index (χ1n) is 6.81. The number of aromatic nitrogens is 1. The van der Waals surface area contributed by atoms with E-state index in [0.29, 0.717) is 30.2 Å². The fraction of sp³-hybridized carbons (Fsp3) is 0.267. The van der Waals surface area contributed by atoms with E-state index in [1.807, 2.05) is 0 Å². The Morgan fingerprint density at radius 2 is 1.95 bits per heavy atom. The average Bonchev–Trinajstić information content (AvgIpc) is 3.00. The number of nitrogens with zero attached hydrogens (tertiary/aromatic N) is 2. The molecule has 2 heterocycles. The number of pyridine rings is 1. The van der Waals surface area contributed by atoms with Crippen molar-refractivity contribution in [2.75, 3.05) is 6.54 Å². The number of hydrogen-bond donors (Lipinski definition) is 2. The monoisotopic (exact) mass is 320 g/mol. The van der Waals surface area contributed by atoms with Gasteiger partial charge in [-0.15, -0.1) is 0 Å². The second-order valence-corrected chi connectivity index (χ2v) is 5.50. The van der Waals surface area contributed by atoms with Crippen molar-refractivity contribution in [3.05, 3.63) is 35.1 Å². The van der Waals surface area contributed by atoms with Crippen molar-refractivity contribution >= 4 is 34.2 Å². The van der Waals surface area contributed by atoms with Crippen LogP contribution in [-0.2, 0) is 4.79 Å². The quantitative estimate of drug-likeness (QED) is 0.828. The second-order valence-electron chi connectivity index (χ2n) is 5.14. The van der Waals surface area contributed by atoms with Gasteiger partial charge in [0, 0.05) is 17.3 Å². The lowest BCUT2D eigenvalue weighted by Crippen LogP contribution is -2.40. The SMILES string of the molecule is O=C(O)C1CCCN1C(=O)c1nc(Cl)c2ccccc2c1O. The smallest absolute Gasteiger partial charge is 0.326 e. The molecule has 1 unspecified atom stereocenters. The summed E-state index contributed by atoms with van der Waals surface area (Å²) >= 11 is 6.07. The van der Waals surface area contributed by atoms with Crippen molar-refractivity contribution < 1.29 is 19.8 Å². The van der Waals surface area contributed by atoms with Gasteiger partial charge in [0.2, 0.25) is 0 Å². The van der Waals surface area contributed by atoms with E-state index in [4.69, 9.17) is 11.6 Å². The molecule has 22 heavy (non-hydrogen) atoms. The standard InChI is InChI=1S/C15H13ClN2O4/c16-13-9-5-2-1-4-8(9)12(19)11(17-13)14(20)18-7-3-6-10(18)15(21)22/h1-2,4-5,10,19H,3,6-7H2,(H,21,22). The maximum absolute atomic E-state index is 12.6. The summed E-state index contributed by atoms with van der Waals surface area (Å²) < 4.78 is 0. The maximum atomic E-state index is 12.6. The van der Waals surface area contributed by atoms with Gasteiger partial charge in [-0.05, 0) is 12.8 Å². The van der Waals surface area contributed by atoms with Crippen LogP contribution in [0.1, 0.15) is 23.3 Å². The Morgan fingerprint density at radius 1 is 1.27 bits per heavy atom. The number of aromatic hydroxyl groups is 1. The Morgan fingerprint density at radius 3 is 2.64 bits per heavy atom. The van der Waals surface area contributed by atoms with Crippen molar-refractivity contribution in [2.24, 2.45) is 0 Å². The molecule has 0 radical (unpaired) electrons. The fourth-order valence-electron chi connectivity index (χ4n) is 2.76. The summed E-state index contributed by atoms with van der Waals surface area (Å²) in [5, 5.41) is 20.5. The van der Waals surface area contributed by atoms with Gasteiger partial charge in [-0.2, -0.15) is 0 Å².